The van der Waals surface area contributed by atoms with Gasteiger partial charge in [0.1, 0.15) is 11.6 Å². The second-order valence-electron chi connectivity index (χ2n) is 4.24. The Morgan fingerprint density at radius 1 is 1.41 bits per heavy atom. The van der Waals surface area contributed by atoms with E-state index < -0.39 is 11.9 Å². The number of H-pyrrole nitrogens is 1. The second-order valence-corrected chi connectivity index (χ2v) is 4.24. The minimum atomic E-state index is -0.846. The largest absolute Gasteiger partial charge is 0.508 e. The van der Waals surface area contributed by atoms with Gasteiger partial charge in [-0.2, -0.15) is 0 Å². The second kappa shape index (κ2) is 4.08. The Morgan fingerprint density at radius 3 is 2.76 bits per heavy atom. The molecule has 0 saturated heterocycles. The highest BCUT2D eigenvalue weighted by atomic mass is 16.4. The van der Waals surface area contributed by atoms with E-state index >= 15 is 0 Å². The summed E-state index contributed by atoms with van der Waals surface area (Å²) in [6.07, 6.45) is 0. The number of carboxylic acids is 1. The summed E-state index contributed by atoms with van der Waals surface area (Å²) in [5, 5.41) is 18.3. The van der Waals surface area contributed by atoms with Crippen molar-refractivity contribution in [1.82, 2.24) is 9.97 Å². The highest BCUT2D eigenvalue weighted by Crippen LogP contribution is 2.25. The topological polar surface area (TPSA) is 86.2 Å². The van der Waals surface area contributed by atoms with E-state index in [0.717, 1.165) is 5.52 Å². The van der Waals surface area contributed by atoms with Crippen molar-refractivity contribution in [2.45, 2.75) is 19.8 Å². The molecule has 3 N–H and O–H groups in total. The molecule has 90 valence electrons. The van der Waals surface area contributed by atoms with E-state index in [1.165, 1.54) is 0 Å². The Kier molecular flexibility index (Phi) is 2.75. The van der Waals surface area contributed by atoms with Gasteiger partial charge >= 0.3 is 5.97 Å². The number of phenolic OH excluding ortho intramolecular Hbond substituents is 1. The van der Waals surface area contributed by atoms with Gasteiger partial charge in [0.25, 0.3) is 0 Å². The van der Waals surface area contributed by atoms with E-state index in [1.807, 2.05) is 6.92 Å². The molecule has 2 aromatic rings. The third-order valence-corrected chi connectivity index (χ3v) is 3.05. The van der Waals surface area contributed by atoms with Crippen molar-refractivity contribution in [2.75, 3.05) is 0 Å². The van der Waals surface area contributed by atoms with Gasteiger partial charge in [0.2, 0.25) is 0 Å². The van der Waals surface area contributed by atoms with Crippen molar-refractivity contribution in [3.05, 3.63) is 24.0 Å². The van der Waals surface area contributed by atoms with Crippen molar-refractivity contribution < 1.29 is 15.0 Å². The monoisotopic (exact) mass is 234 g/mol. The van der Waals surface area contributed by atoms with Crippen LogP contribution < -0.4 is 0 Å². The lowest BCUT2D eigenvalue weighted by Gasteiger charge is -2.12. The van der Waals surface area contributed by atoms with E-state index in [2.05, 4.69) is 9.97 Å². The molecule has 0 radical (unpaired) electrons. The molecule has 2 rings (SSSR count). The molecule has 17 heavy (non-hydrogen) atoms. The molecule has 1 aromatic carbocycles. The van der Waals surface area contributed by atoms with Gasteiger partial charge in [-0.3, -0.25) is 4.79 Å². The lowest BCUT2D eigenvalue weighted by molar-refractivity contribution is -0.141. The number of aromatic amines is 1. The molecular weight excluding hydrogens is 220 g/mol. The molecule has 2 atom stereocenters. The van der Waals surface area contributed by atoms with Crippen LogP contribution in [0, 0.1) is 5.92 Å². The third kappa shape index (κ3) is 2.08. The zero-order valence-electron chi connectivity index (χ0n) is 9.64. The predicted octanol–water partition coefficient (Wildman–Crippen LogP) is 2.09. The highest BCUT2D eigenvalue weighted by Gasteiger charge is 2.23. The molecule has 2 unspecified atom stereocenters. The zero-order chi connectivity index (χ0) is 12.6. The SMILES string of the molecule is CC(C(=O)O)C(C)c1nc2ccc(O)cc2[nH]1. The lowest BCUT2D eigenvalue weighted by atomic mass is 9.96. The number of aromatic nitrogens is 2. The normalized spacial score (nSPS) is 14.7. The van der Waals surface area contributed by atoms with Gasteiger partial charge in [-0.1, -0.05) is 13.8 Å². The molecule has 0 aliphatic heterocycles. The van der Waals surface area contributed by atoms with Crippen molar-refractivity contribution in [3.63, 3.8) is 0 Å². The molecule has 0 fully saturated rings. The number of carbonyl (C=O) groups is 1. The third-order valence-electron chi connectivity index (χ3n) is 3.05. The number of nitrogens with zero attached hydrogens (tertiary/aromatic N) is 1. The average Bonchev–Trinajstić information content (AvgIpc) is 2.69. The number of carboxylic acid groups (broad SMARTS) is 1. The van der Waals surface area contributed by atoms with Crippen LogP contribution in [0.3, 0.4) is 0 Å². The maximum absolute atomic E-state index is 10.9. The molecule has 0 aliphatic carbocycles. The minimum absolute atomic E-state index is 0.159. The number of hydrogen-bond donors (Lipinski definition) is 3. The maximum atomic E-state index is 10.9. The fraction of sp³-hybridized carbons (Fsp3) is 0.333. The first-order valence-corrected chi connectivity index (χ1v) is 5.40. The molecule has 5 heteroatoms. The van der Waals surface area contributed by atoms with Gasteiger partial charge in [0, 0.05) is 12.0 Å². The van der Waals surface area contributed by atoms with E-state index in [0.29, 0.717) is 11.3 Å². The van der Waals surface area contributed by atoms with Crippen LogP contribution in [-0.2, 0) is 4.79 Å². The first kappa shape index (κ1) is 11.4. The summed E-state index contributed by atoms with van der Waals surface area (Å²) in [6.45, 7) is 3.47. The van der Waals surface area contributed by atoms with Crippen LogP contribution in [0.1, 0.15) is 25.6 Å². The van der Waals surface area contributed by atoms with Crippen molar-refractivity contribution in [2.24, 2.45) is 5.92 Å². The van der Waals surface area contributed by atoms with Crippen molar-refractivity contribution in [1.29, 1.82) is 0 Å². The number of aliphatic carboxylic acids is 1. The Labute approximate surface area is 98.1 Å². The Hall–Kier alpha value is -2.04. The standard InChI is InChI=1S/C12H14N2O3/c1-6(7(2)12(16)17)11-13-9-4-3-8(15)5-10(9)14-11/h3-7,15H,1-2H3,(H,13,14)(H,16,17). The number of nitrogens with one attached hydrogen (secondary N) is 1. The molecule has 1 aromatic heterocycles. The van der Waals surface area contributed by atoms with Crippen molar-refractivity contribution in [3.8, 4) is 5.75 Å². The number of rotatable bonds is 3. The molecule has 5 nitrogen and oxygen atoms in total. The predicted molar refractivity (Wildman–Crippen MR) is 63.0 cm³/mol. The molecule has 0 aliphatic rings. The van der Waals surface area contributed by atoms with E-state index in [4.69, 9.17) is 5.11 Å². The molecule has 1 heterocycles. The van der Waals surface area contributed by atoms with Crippen LogP contribution in [-0.4, -0.2) is 26.2 Å². The number of benzene rings is 1. The summed E-state index contributed by atoms with van der Waals surface area (Å²) >= 11 is 0. The van der Waals surface area contributed by atoms with Gasteiger partial charge in [-0.15, -0.1) is 0 Å². The van der Waals surface area contributed by atoms with Crippen LogP contribution in [0.15, 0.2) is 18.2 Å². The summed E-state index contributed by atoms with van der Waals surface area (Å²) in [5.74, 6) is -0.779. The van der Waals surface area contributed by atoms with E-state index in [9.17, 15) is 9.90 Å². The summed E-state index contributed by atoms with van der Waals surface area (Å²) in [4.78, 5) is 18.3. The molecule has 0 bridgehead atoms. The van der Waals surface area contributed by atoms with Gasteiger partial charge < -0.3 is 15.2 Å². The Balaban J connectivity index is 2.39. The van der Waals surface area contributed by atoms with Gasteiger partial charge in [0.05, 0.1) is 17.0 Å². The van der Waals surface area contributed by atoms with E-state index in [1.54, 1.807) is 25.1 Å². The maximum Gasteiger partial charge on any atom is 0.306 e. The summed E-state index contributed by atoms with van der Waals surface area (Å²) in [6, 6.07) is 4.82. The summed E-state index contributed by atoms with van der Waals surface area (Å²) in [7, 11) is 0. The average molecular weight is 234 g/mol. The summed E-state index contributed by atoms with van der Waals surface area (Å²) < 4.78 is 0. The van der Waals surface area contributed by atoms with Crippen LogP contribution in [0.5, 0.6) is 5.75 Å². The number of aromatic hydroxyl groups is 1. The minimum Gasteiger partial charge on any atom is -0.508 e. The Bertz CT molecular complexity index is 562. The number of fused-ring (bicyclic) bond motifs is 1. The molecular formula is C12H14N2O3. The number of imidazole rings is 1. The molecule has 0 spiro atoms. The van der Waals surface area contributed by atoms with Crippen LogP contribution in [0.4, 0.5) is 0 Å². The summed E-state index contributed by atoms with van der Waals surface area (Å²) in [5.41, 5.74) is 1.44. The molecule has 0 saturated carbocycles. The smallest absolute Gasteiger partial charge is 0.306 e. The van der Waals surface area contributed by atoms with Crippen LogP contribution >= 0.6 is 0 Å². The quantitative estimate of drug-likeness (QED) is 0.759. The van der Waals surface area contributed by atoms with Crippen LogP contribution in [0.25, 0.3) is 11.0 Å². The van der Waals surface area contributed by atoms with Gasteiger partial charge in [0.15, 0.2) is 0 Å². The van der Waals surface area contributed by atoms with Gasteiger partial charge in [-0.25, -0.2) is 4.98 Å². The van der Waals surface area contributed by atoms with Crippen LogP contribution in [0.2, 0.25) is 0 Å². The van der Waals surface area contributed by atoms with Gasteiger partial charge in [-0.05, 0) is 12.1 Å². The highest BCUT2D eigenvalue weighted by molar-refractivity contribution is 5.77. The van der Waals surface area contributed by atoms with E-state index in [-0.39, 0.29) is 11.7 Å². The van der Waals surface area contributed by atoms with Crippen molar-refractivity contribution >= 4 is 17.0 Å². The number of phenols is 1. The number of hydrogen-bond acceptors (Lipinski definition) is 3. The molecule has 0 amide bonds. The fourth-order valence-corrected chi connectivity index (χ4v) is 1.68. The first-order chi connectivity index (χ1) is 7.99. The fourth-order valence-electron chi connectivity index (χ4n) is 1.68. The Morgan fingerprint density at radius 2 is 2.12 bits per heavy atom. The zero-order valence-corrected chi connectivity index (χ0v) is 9.64. The first-order valence-electron chi connectivity index (χ1n) is 5.40. The lowest BCUT2D eigenvalue weighted by Crippen LogP contribution is -2.17.